The number of sulfonamides is 1. The Balaban J connectivity index is 3.14. The molecule has 0 saturated carbocycles. The Hall–Kier alpha value is -0.720. The van der Waals surface area contributed by atoms with Crippen molar-refractivity contribution in [2.75, 3.05) is 17.7 Å². The van der Waals surface area contributed by atoms with Crippen molar-refractivity contribution < 1.29 is 8.42 Å². The van der Waals surface area contributed by atoms with Crippen LogP contribution < -0.4 is 10.5 Å². The van der Waals surface area contributed by atoms with Crippen LogP contribution in [-0.2, 0) is 22.9 Å². The number of nitrogen functional groups attached to an aromatic ring is 1. The zero-order valence-electron chi connectivity index (χ0n) is 13.3. The number of benzene rings is 1. The van der Waals surface area contributed by atoms with E-state index in [-0.39, 0.29) is 6.04 Å². The smallest absolute Gasteiger partial charge is 0.241 e. The van der Waals surface area contributed by atoms with Crippen molar-refractivity contribution in [2.24, 2.45) is 0 Å². The summed E-state index contributed by atoms with van der Waals surface area (Å²) < 4.78 is 28.0. The lowest BCUT2D eigenvalue weighted by Crippen LogP contribution is -2.33. The molecule has 1 unspecified atom stereocenters. The molecule has 21 heavy (non-hydrogen) atoms. The summed E-state index contributed by atoms with van der Waals surface area (Å²) in [7, 11) is -3.53. The summed E-state index contributed by atoms with van der Waals surface area (Å²) in [5, 5.41) is 0. The van der Waals surface area contributed by atoms with Crippen LogP contribution in [-0.4, -0.2) is 26.5 Å². The Morgan fingerprint density at radius 2 is 1.95 bits per heavy atom. The minimum absolute atomic E-state index is 0.0846. The summed E-state index contributed by atoms with van der Waals surface area (Å²) in [6.07, 6.45) is 4.19. The maximum atomic E-state index is 12.6. The van der Waals surface area contributed by atoms with Crippen molar-refractivity contribution in [3.8, 4) is 0 Å². The summed E-state index contributed by atoms with van der Waals surface area (Å²) in [6.45, 7) is 5.81. The predicted octanol–water partition coefficient (Wildman–Crippen LogP) is 2.81. The molecule has 0 radical (unpaired) electrons. The van der Waals surface area contributed by atoms with Gasteiger partial charge in [0.1, 0.15) is 0 Å². The third kappa shape index (κ3) is 4.90. The number of thioether (sulfide) groups is 1. The molecule has 6 heteroatoms. The van der Waals surface area contributed by atoms with Crippen molar-refractivity contribution >= 4 is 27.5 Å². The van der Waals surface area contributed by atoms with Crippen LogP contribution >= 0.6 is 11.8 Å². The Kier molecular flexibility index (Phi) is 7.03. The fourth-order valence-corrected chi connectivity index (χ4v) is 4.49. The molecule has 0 heterocycles. The molecule has 0 fully saturated rings. The minimum atomic E-state index is -3.53. The van der Waals surface area contributed by atoms with Crippen molar-refractivity contribution in [3.63, 3.8) is 0 Å². The first-order chi connectivity index (χ1) is 9.85. The second-order valence-electron chi connectivity index (χ2n) is 5.17. The third-order valence-electron chi connectivity index (χ3n) is 3.47. The highest BCUT2D eigenvalue weighted by molar-refractivity contribution is 7.98. The van der Waals surface area contributed by atoms with E-state index in [1.807, 2.05) is 33.1 Å². The molecule has 4 nitrogen and oxygen atoms in total. The molecule has 0 aromatic heterocycles. The Labute approximate surface area is 132 Å². The van der Waals surface area contributed by atoms with Gasteiger partial charge in [-0.05, 0) is 61.5 Å². The molecular formula is C15H26N2O2S2. The fraction of sp³-hybridized carbons (Fsp3) is 0.600. The van der Waals surface area contributed by atoms with E-state index in [4.69, 9.17) is 5.73 Å². The van der Waals surface area contributed by atoms with Gasteiger partial charge in [0.2, 0.25) is 10.0 Å². The maximum absolute atomic E-state index is 12.6. The molecular weight excluding hydrogens is 304 g/mol. The molecule has 0 aliphatic carbocycles. The summed E-state index contributed by atoms with van der Waals surface area (Å²) in [4.78, 5) is 0.331. The Morgan fingerprint density at radius 1 is 1.29 bits per heavy atom. The third-order valence-corrected chi connectivity index (χ3v) is 5.77. The average Bonchev–Trinajstić information content (AvgIpc) is 2.43. The van der Waals surface area contributed by atoms with Crippen LogP contribution in [0.3, 0.4) is 0 Å². The van der Waals surface area contributed by atoms with Crippen LogP contribution in [0.5, 0.6) is 0 Å². The topological polar surface area (TPSA) is 72.2 Å². The molecule has 0 saturated heterocycles. The molecule has 1 aromatic rings. The molecule has 0 spiro atoms. The van der Waals surface area contributed by atoms with Gasteiger partial charge < -0.3 is 5.73 Å². The Bertz CT molecular complexity index is 571. The summed E-state index contributed by atoms with van der Waals surface area (Å²) in [5.41, 5.74) is 8.24. The molecule has 120 valence electrons. The van der Waals surface area contributed by atoms with E-state index in [1.165, 1.54) is 0 Å². The van der Waals surface area contributed by atoms with E-state index in [1.54, 1.807) is 17.8 Å². The second-order valence-corrected chi connectivity index (χ2v) is 7.84. The van der Waals surface area contributed by atoms with Gasteiger partial charge in [0.15, 0.2) is 0 Å². The first-order valence-electron chi connectivity index (χ1n) is 7.28. The molecule has 0 aliphatic rings. The van der Waals surface area contributed by atoms with Crippen LogP contribution in [0.25, 0.3) is 0 Å². The molecule has 0 bridgehead atoms. The number of rotatable bonds is 8. The minimum Gasteiger partial charge on any atom is -0.398 e. The van der Waals surface area contributed by atoms with Crippen LogP contribution in [0.1, 0.15) is 38.3 Å². The first-order valence-corrected chi connectivity index (χ1v) is 10.2. The van der Waals surface area contributed by atoms with Gasteiger partial charge in [-0.2, -0.15) is 11.8 Å². The molecule has 1 rings (SSSR count). The number of hydrogen-bond acceptors (Lipinski definition) is 4. The van der Waals surface area contributed by atoms with Crippen LogP contribution in [0, 0.1) is 0 Å². The molecule has 1 aromatic carbocycles. The lowest BCUT2D eigenvalue weighted by Gasteiger charge is -2.18. The van der Waals surface area contributed by atoms with E-state index >= 15 is 0 Å². The van der Waals surface area contributed by atoms with Gasteiger partial charge in [-0.3, -0.25) is 0 Å². The van der Waals surface area contributed by atoms with Gasteiger partial charge >= 0.3 is 0 Å². The maximum Gasteiger partial charge on any atom is 0.241 e. The summed E-state index contributed by atoms with van der Waals surface area (Å²) >= 11 is 1.71. The Morgan fingerprint density at radius 3 is 2.48 bits per heavy atom. The number of nitrogens with one attached hydrogen (secondary N) is 1. The van der Waals surface area contributed by atoms with E-state index in [0.717, 1.165) is 24.2 Å². The van der Waals surface area contributed by atoms with Crippen LogP contribution in [0.15, 0.2) is 17.0 Å². The van der Waals surface area contributed by atoms with E-state index < -0.39 is 10.0 Å². The molecule has 0 amide bonds. The van der Waals surface area contributed by atoms with Crippen molar-refractivity contribution in [1.29, 1.82) is 0 Å². The SMILES string of the molecule is CCc1cc(N)c(CC)c(S(=O)(=O)NC(C)CCSC)c1. The largest absolute Gasteiger partial charge is 0.398 e. The fourth-order valence-electron chi connectivity index (χ4n) is 2.23. The highest BCUT2D eigenvalue weighted by Crippen LogP contribution is 2.25. The van der Waals surface area contributed by atoms with E-state index in [2.05, 4.69) is 4.72 Å². The van der Waals surface area contributed by atoms with Gasteiger partial charge in [0.05, 0.1) is 4.90 Å². The quantitative estimate of drug-likeness (QED) is 0.719. The molecule has 0 aliphatic heterocycles. The predicted molar refractivity (Wildman–Crippen MR) is 92.4 cm³/mol. The highest BCUT2D eigenvalue weighted by atomic mass is 32.2. The average molecular weight is 331 g/mol. The first kappa shape index (κ1) is 18.3. The van der Waals surface area contributed by atoms with Gasteiger partial charge in [-0.25, -0.2) is 13.1 Å². The number of nitrogens with two attached hydrogens (primary N) is 1. The van der Waals surface area contributed by atoms with Gasteiger partial charge in [0.25, 0.3) is 0 Å². The lowest BCUT2D eigenvalue weighted by molar-refractivity contribution is 0.556. The lowest BCUT2D eigenvalue weighted by atomic mass is 10.1. The van der Waals surface area contributed by atoms with Gasteiger partial charge in [0, 0.05) is 11.7 Å². The monoisotopic (exact) mass is 330 g/mol. The van der Waals surface area contributed by atoms with E-state index in [9.17, 15) is 8.42 Å². The summed E-state index contributed by atoms with van der Waals surface area (Å²) in [6, 6.07) is 3.53. The van der Waals surface area contributed by atoms with Crippen LogP contribution in [0.4, 0.5) is 5.69 Å². The number of anilines is 1. The van der Waals surface area contributed by atoms with Crippen molar-refractivity contribution in [1.82, 2.24) is 4.72 Å². The van der Waals surface area contributed by atoms with E-state index in [0.29, 0.717) is 22.6 Å². The van der Waals surface area contributed by atoms with Gasteiger partial charge in [-0.1, -0.05) is 13.8 Å². The second kappa shape index (κ2) is 8.06. The van der Waals surface area contributed by atoms with Crippen molar-refractivity contribution in [3.05, 3.63) is 23.3 Å². The van der Waals surface area contributed by atoms with Crippen LogP contribution in [0.2, 0.25) is 0 Å². The molecule has 1 atom stereocenters. The standard InChI is InChI=1S/C15H26N2O2S2/c1-5-12-9-14(16)13(6-2)15(10-12)21(18,19)17-11(3)7-8-20-4/h9-11,17H,5-8,16H2,1-4H3. The summed E-state index contributed by atoms with van der Waals surface area (Å²) in [5.74, 6) is 0.932. The zero-order valence-corrected chi connectivity index (χ0v) is 14.9. The van der Waals surface area contributed by atoms with Crippen molar-refractivity contribution in [2.45, 2.75) is 51.0 Å². The normalized spacial score (nSPS) is 13.3. The number of hydrogen-bond donors (Lipinski definition) is 2. The number of aryl methyl sites for hydroxylation is 1. The molecule has 3 N–H and O–H groups in total. The zero-order chi connectivity index (χ0) is 16.0. The highest BCUT2D eigenvalue weighted by Gasteiger charge is 2.22. The van der Waals surface area contributed by atoms with Gasteiger partial charge in [-0.15, -0.1) is 0 Å².